The molecule has 0 spiro atoms. The second-order valence-corrected chi connectivity index (χ2v) is 13.8. The summed E-state index contributed by atoms with van der Waals surface area (Å²) in [6.07, 6.45) is 5.85. The van der Waals surface area contributed by atoms with Gasteiger partial charge >= 0.3 is 0 Å². The highest BCUT2D eigenvalue weighted by atomic mass is 16.5. The highest BCUT2D eigenvalue weighted by Gasteiger charge is 2.47. The molecule has 3 fully saturated rings. The third-order valence-corrected chi connectivity index (χ3v) is 10.9. The molecule has 4 aliphatic rings. The molecule has 2 saturated carbocycles. The fourth-order valence-corrected chi connectivity index (χ4v) is 8.19. The normalized spacial score (nSPS) is 22.1. The van der Waals surface area contributed by atoms with E-state index in [9.17, 15) is 9.59 Å². The molecule has 2 bridgehead atoms. The van der Waals surface area contributed by atoms with Gasteiger partial charge in [-0.05, 0) is 91.0 Å². The van der Waals surface area contributed by atoms with Gasteiger partial charge in [-0.1, -0.05) is 24.3 Å². The second-order valence-electron chi connectivity index (χ2n) is 13.8. The zero-order valence-electron chi connectivity index (χ0n) is 26.3. The third kappa shape index (κ3) is 4.28. The van der Waals surface area contributed by atoms with Crippen LogP contribution in [0.4, 0.5) is 5.69 Å². The molecule has 9 nitrogen and oxygen atoms in total. The quantitative estimate of drug-likeness (QED) is 0.254. The number of methoxy groups -OCH3 is 1. The van der Waals surface area contributed by atoms with Crippen LogP contribution in [0.2, 0.25) is 0 Å². The lowest BCUT2D eigenvalue weighted by Crippen LogP contribution is -2.41. The molecule has 2 aliphatic carbocycles. The summed E-state index contributed by atoms with van der Waals surface area (Å²) in [5.41, 5.74) is 15.1. The van der Waals surface area contributed by atoms with E-state index in [0.717, 1.165) is 82.6 Å². The molecule has 3 N–H and O–H groups in total. The Balaban J connectivity index is 1.14. The Bertz CT molecular complexity index is 2090. The molecular weight excluding hydrogens is 576 g/mol. The molecule has 46 heavy (non-hydrogen) atoms. The number of imidazole rings is 1. The summed E-state index contributed by atoms with van der Waals surface area (Å²) in [6.45, 7) is 1.65. The van der Waals surface area contributed by atoms with Crippen LogP contribution in [0.3, 0.4) is 0 Å². The first-order valence-corrected chi connectivity index (χ1v) is 16.5. The first-order chi connectivity index (χ1) is 22.4. The van der Waals surface area contributed by atoms with Gasteiger partial charge in [0.1, 0.15) is 11.3 Å². The number of nitrogens with two attached hydrogens (primary N) is 1. The van der Waals surface area contributed by atoms with Crippen molar-refractivity contribution in [2.45, 2.75) is 57.2 Å². The topological polar surface area (TPSA) is 107 Å². The minimum atomic E-state index is 0.00664. The van der Waals surface area contributed by atoms with Crippen LogP contribution in [0.5, 0.6) is 5.75 Å². The van der Waals surface area contributed by atoms with Gasteiger partial charge in [-0.15, -0.1) is 0 Å². The number of benzene rings is 3. The number of nitrogens with one attached hydrogen (secondary N) is 1. The summed E-state index contributed by atoms with van der Waals surface area (Å²) >= 11 is 0. The van der Waals surface area contributed by atoms with Crippen molar-refractivity contribution in [1.29, 1.82) is 0 Å². The zero-order valence-corrected chi connectivity index (χ0v) is 26.3. The Morgan fingerprint density at radius 1 is 1.02 bits per heavy atom. The van der Waals surface area contributed by atoms with Crippen molar-refractivity contribution in [1.82, 2.24) is 19.0 Å². The fourth-order valence-electron chi connectivity index (χ4n) is 8.19. The number of hydrogen-bond donors (Lipinski definition) is 2. The lowest BCUT2D eigenvalue weighted by molar-refractivity contribution is -0.116. The van der Waals surface area contributed by atoms with Crippen LogP contribution in [0.15, 0.2) is 54.6 Å². The van der Waals surface area contributed by atoms with E-state index < -0.39 is 0 Å². The molecule has 234 valence electrons. The standard InChI is InChI=1S/C37H38N6O3/c1-41-35-28(14-26(17-32(35)46-2)37(45)43-19-25-9-11-29(43)34(25)38)40-36(41)31-16-24-8-7-23(15-30(24)42(31)18-20-3-4-20)22-6-5-21-10-12-33(44)39-27(21)13-22/h5-8,13-17,20,25,29,34H,3-4,9-12,18-19,38H2,1-2H3,(H,39,44)/t25-,29-,34-/m1/s1. The number of carbonyl (C=O) groups excluding carboxylic acids is 2. The average molecular weight is 615 g/mol. The van der Waals surface area contributed by atoms with E-state index in [1.54, 1.807) is 7.11 Å². The highest BCUT2D eigenvalue weighted by molar-refractivity contribution is 6.01. The monoisotopic (exact) mass is 614 g/mol. The molecule has 2 aromatic heterocycles. The molecule has 0 radical (unpaired) electrons. The van der Waals surface area contributed by atoms with Crippen LogP contribution in [-0.4, -0.2) is 56.6 Å². The van der Waals surface area contributed by atoms with E-state index in [1.165, 1.54) is 18.4 Å². The maximum absolute atomic E-state index is 13.8. The summed E-state index contributed by atoms with van der Waals surface area (Å²) < 4.78 is 10.4. The van der Waals surface area contributed by atoms with Gasteiger partial charge in [0.2, 0.25) is 5.91 Å². The lowest BCUT2D eigenvalue weighted by atomic mass is 9.97. The van der Waals surface area contributed by atoms with Gasteiger partial charge in [-0.25, -0.2) is 4.98 Å². The van der Waals surface area contributed by atoms with Crippen LogP contribution < -0.4 is 15.8 Å². The van der Waals surface area contributed by atoms with E-state index in [2.05, 4.69) is 56.9 Å². The molecule has 9 rings (SSSR count). The number of piperidine rings is 1. The number of fused-ring (bicyclic) bond motifs is 5. The van der Waals surface area contributed by atoms with Crippen molar-refractivity contribution in [2.75, 3.05) is 19.0 Å². The van der Waals surface area contributed by atoms with Gasteiger partial charge in [0, 0.05) is 60.8 Å². The van der Waals surface area contributed by atoms with Crippen LogP contribution >= 0.6 is 0 Å². The molecule has 3 atom stereocenters. The summed E-state index contributed by atoms with van der Waals surface area (Å²) in [4.78, 5) is 33.0. The van der Waals surface area contributed by atoms with Gasteiger partial charge in [0.15, 0.2) is 5.82 Å². The van der Waals surface area contributed by atoms with E-state index in [4.69, 9.17) is 15.5 Å². The Hall–Kier alpha value is -4.63. The van der Waals surface area contributed by atoms with Crippen LogP contribution in [0, 0.1) is 11.8 Å². The Morgan fingerprint density at radius 2 is 1.85 bits per heavy atom. The molecule has 2 aliphatic heterocycles. The van der Waals surface area contributed by atoms with Crippen LogP contribution in [-0.2, 0) is 24.8 Å². The minimum Gasteiger partial charge on any atom is -0.494 e. The van der Waals surface area contributed by atoms with Crippen molar-refractivity contribution >= 4 is 39.4 Å². The molecule has 0 unspecified atom stereocenters. The van der Waals surface area contributed by atoms with Gasteiger partial charge < -0.3 is 29.8 Å². The van der Waals surface area contributed by atoms with Gasteiger partial charge in [-0.2, -0.15) is 0 Å². The maximum atomic E-state index is 13.8. The first kappa shape index (κ1) is 27.7. The van der Waals surface area contributed by atoms with E-state index in [0.29, 0.717) is 29.6 Å². The van der Waals surface area contributed by atoms with E-state index >= 15 is 0 Å². The number of ether oxygens (including phenoxy) is 1. The van der Waals surface area contributed by atoms with E-state index in [-0.39, 0.29) is 23.9 Å². The Morgan fingerprint density at radius 3 is 2.61 bits per heavy atom. The molecule has 9 heteroatoms. The number of rotatable bonds is 6. The SMILES string of the molecule is COc1cc(C(=O)N2C[C@H]3CC[C@@H]2[C@@H]3N)cc2nc(-c3cc4ccc(-c5ccc6c(c5)NC(=O)CC6)cc4n3CC3CC3)n(C)c12. The fraction of sp³-hybridized carbons (Fsp3) is 0.378. The van der Waals surface area contributed by atoms with Gasteiger partial charge in [-0.3, -0.25) is 9.59 Å². The van der Waals surface area contributed by atoms with Crippen molar-refractivity contribution in [3.8, 4) is 28.4 Å². The van der Waals surface area contributed by atoms with Crippen molar-refractivity contribution < 1.29 is 14.3 Å². The van der Waals surface area contributed by atoms with Crippen LogP contribution in [0.25, 0.3) is 44.6 Å². The summed E-state index contributed by atoms with van der Waals surface area (Å²) in [5.74, 6) is 2.60. The van der Waals surface area contributed by atoms with Crippen molar-refractivity contribution in [3.63, 3.8) is 0 Å². The Kier molecular flexibility index (Phi) is 6.13. The summed E-state index contributed by atoms with van der Waals surface area (Å²) in [7, 11) is 3.68. The largest absolute Gasteiger partial charge is 0.494 e. The summed E-state index contributed by atoms with van der Waals surface area (Å²) in [5, 5.41) is 4.20. The van der Waals surface area contributed by atoms with E-state index in [1.807, 2.05) is 24.1 Å². The maximum Gasteiger partial charge on any atom is 0.254 e. The number of amides is 2. The molecule has 3 aromatic carbocycles. The lowest BCUT2D eigenvalue weighted by Gasteiger charge is -2.27. The van der Waals surface area contributed by atoms with Gasteiger partial charge in [0.05, 0.1) is 18.3 Å². The van der Waals surface area contributed by atoms with Crippen molar-refractivity contribution in [3.05, 3.63) is 65.7 Å². The van der Waals surface area contributed by atoms with Crippen molar-refractivity contribution in [2.24, 2.45) is 24.6 Å². The predicted octanol–water partition coefficient (Wildman–Crippen LogP) is 5.73. The number of hydrogen-bond acceptors (Lipinski definition) is 5. The second kappa shape index (κ2) is 10.2. The zero-order chi connectivity index (χ0) is 31.3. The molecular formula is C37H38N6O3. The Labute approximate surface area is 267 Å². The average Bonchev–Trinajstić information content (AvgIpc) is 3.47. The molecule has 2 amide bonds. The molecule has 5 aromatic rings. The molecule has 4 heterocycles. The smallest absolute Gasteiger partial charge is 0.254 e. The number of aryl methyl sites for hydroxylation is 2. The number of carbonyl (C=O) groups is 2. The highest BCUT2D eigenvalue weighted by Crippen LogP contribution is 2.41. The third-order valence-electron chi connectivity index (χ3n) is 10.9. The van der Waals surface area contributed by atoms with Crippen LogP contribution in [0.1, 0.15) is 48.0 Å². The minimum absolute atomic E-state index is 0.00664. The summed E-state index contributed by atoms with van der Waals surface area (Å²) in [6, 6.07) is 19.2. The number of nitrogens with zero attached hydrogens (tertiary/aromatic N) is 4. The number of likely N-dealkylation sites (tertiary alicyclic amines) is 1. The molecule has 1 saturated heterocycles. The first-order valence-electron chi connectivity index (χ1n) is 16.5. The number of aromatic nitrogens is 3. The van der Waals surface area contributed by atoms with Gasteiger partial charge in [0.25, 0.3) is 5.91 Å². The number of anilines is 1. The predicted molar refractivity (Wildman–Crippen MR) is 179 cm³/mol.